The molecule has 18 heavy (non-hydrogen) atoms. The molecule has 2 rings (SSSR count). The van der Waals surface area contributed by atoms with Gasteiger partial charge in [0.25, 0.3) is 0 Å². The van der Waals surface area contributed by atoms with E-state index in [1.807, 2.05) is 6.07 Å². The van der Waals surface area contributed by atoms with Crippen molar-refractivity contribution in [3.05, 3.63) is 30.2 Å². The quantitative estimate of drug-likeness (QED) is 0.852. The van der Waals surface area contributed by atoms with Crippen molar-refractivity contribution < 1.29 is 9.90 Å². The minimum Gasteiger partial charge on any atom is -0.478 e. The summed E-state index contributed by atoms with van der Waals surface area (Å²) < 4.78 is 1.56. The third kappa shape index (κ3) is 2.97. The third-order valence-electron chi connectivity index (χ3n) is 2.83. The molecule has 1 N–H and O–H groups in total. The summed E-state index contributed by atoms with van der Waals surface area (Å²) in [5, 5.41) is 13.0. The summed E-state index contributed by atoms with van der Waals surface area (Å²) in [4.78, 5) is 17.4. The van der Waals surface area contributed by atoms with Crippen LogP contribution >= 0.6 is 0 Å². The van der Waals surface area contributed by atoms with Crippen LogP contribution in [0.1, 0.15) is 23.2 Å². The predicted molar refractivity (Wildman–Crippen MR) is 67.0 cm³/mol. The maximum absolute atomic E-state index is 11.0. The van der Waals surface area contributed by atoms with Gasteiger partial charge in [0.2, 0.25) is 0 Å². The van der Waals surface area contributed by atoms with E-state index in [0.29, 0.717) is 0 Å². The maximum atomic E-state index is 11.0. The number of carboxylic acid groups (broad SMARTS) is 1. The summed E-state index contributed by atoms with van der Waals surface area (Å²) in [6, 6.07) is 1.85. The maximum Gasteiger partial charge on any atom is 0.338 e. The van der Waals surface area contributed by atoms with Crippen molar-refractivity contribution in [3.63, 3.8) is 0 Å². The predicted octanol–water partition coefficient (Wildman–Crippen LogP) is 1.24. The van der Waals surface area contributed by atoms with Crippen LogP contribution in [-0.4, -0.2) is 38.9 Å². The van der Waals surface area contributed by atoms with Crippen LogP contribution in [0.2, 0.25) is 0 Å². The zero-order valence-corrected chi connectivity index (χ0v) is 10.3. The molecule has 1 aromatic rings. The monoisotopic (exact) mass is 248 g/mol. The molecule has 96 valence electrons. The van der Waals surface area contributed by atoms with Gasteiger partial charge in [0, 0.05) is 32.5 Å². The molecule has 6 heteroatoms. The van der Waals surface area contributed by atoms with Crippen LogP contribution in [0.4, 0.5) is 5.82 Å². The number of carboxylic acids is 1. The SMILES string of the molecule is Cn1ccc(N2CCCC2)ncc(C(=O)O)cn1. The fourth-order valence-corrected chi connectivity index (χ4v) is 1.82. The zero-order valence-electron chi connectivity index (χ0n) is 10.3. The van der Waals surface area contributed by atoms with Crippen LogP contribution in [0, 0.1) is 0 Å². The van der Waals surface area contributed by atoms with Gasteiger partial charge in [-0.25, -0.2) is 9.78 Å². The van der Waals surface area contributed by atoms with E-state index >= 15 is 0 Å². The molecule has 1 aliphatic rings. The van der Waals surface area contributed by atoms with E-state index in [2.05, 4.69) is 15.0 Å². The highest BCUT2D eigenvalue weighted by molar-refractivity contribution is 5.86. The zero-order chi connectivity index (χ0) is 13.0. The molecule has 0 bridgehead atoms. The molecule has 0 aliphatic carbocycles. The molecule has 2 heterocycles. The van der Waals surface area contributed by atoms with Gasteiger partial charge in [0.15, 0.2) is 0 Å². The number of nitrogens with zero attached hydrogens (tertiary/aromatic N) is 4. The van der Waals surface area contributed by atoms with Crippen LogP contribution in [0.15, 0.2) is 24.7 Å². The molecule has 1 aliphatic heterocycles. The van der Waals surface area contributed by atoms with Gasteiger partial charge < -0.3 is 10.0 Å². The summed E-state index contributed by atoms with van der Waals surface area (Å²) in [5.41, 5.74) is 0.0715. The van der Waals surface area contributed by atoms with Gasteiger partial charge in [0.1, 0.15) is 5.82 Å². The molecule has 0 spiro atoms. The molecular weight excluding hydrogens is 232 g/mol. The van der Waals surface area contributed by atoms with Crippen LogP contribution in [0.5, 0.6) is 0 Å². The second kappa shape index (κ2) is 5.48. The Bertz CT molecular complexity index is 491. The van der Waals surface area contributed by atoms with Crippen molar-refractivity contribution in [2.24, 2.45) is 7.05 Å². The Kier molecular flexibility index (Phi) is 3.76. The lowest BCUT2D eigenvalue weighted by molar-refractivity contribution is 0.0696. The normalized spacial score (nSPS) is 14.4. The van der Waals surface area contributed by atoms with E-state index in [0.717, 1.165) is 31.7 Å². The first kappa shape index (κ1) is 12.3. The average Bonchev–Trinajstić information content (AvgIpc) is 2.86. The number of hydrogen-bond acceptors (Lipinski definition) is 4. The minimum absolute atomic E-state index is 0.0715. The molecule has 1 fully saturated rings. The van der Waals surface area contributed by atoms with Gasteiger partial charge in [-0.2, -0.15) is 5.10 Å². The number of aromatic carboxylic acids is 1. The Labute approximate surface area is 105 Å². The molecular formula is C12H16N4O2. The molecule has 0 aromatic carbocycles. The van der Waals surface area contributed by atoms with Crippen LogP contribution in [0.25, 0.3) is 0 Å². The summed E-state index contributed by atoms with van der Waals surface area (Å²) in [6.45, 7) is 1.92. The lowest BCUT2D eigenvalue weighted by Gasteiger charge is -2.14. The van der Waals surface area contributed by atoms with Gasteiger partial charge in [-0.3, -0.25) is 4.68 Å². The van der Waals surface area contributed by atoms with Crippen molar-refractivity contribution in [2.75, 3.05) is 18.0 Å². The average molecular weight is 248 g/mol. The number of anilines is 1. The number of carbonyl (C=O) groups is 1. The molecule has 0 atom stereocenters. The first-order valence-electron chi connectivity index (χ1n) is 5.88. The second-order valence-electron chi connectivity index (χ2n) is 4.21. The Morgan fingerprint density at radius 2 is 2.06 bits per heavy atom. The smallest absolute Gasteiger partial charge is 0.338 e. The van der Waals surface area contributed by atoms with Crippen molar-refractivity contribution in [1.29, 1.82) is 0 Å². The molecule has 6 nitrogen and oxygen atoms in total. The summed E-state index contributed by atoms with van der Waals surface area (Å²) in [6.07, 6.45) is 6.71. The van der Waals surface area contributed by atoms with E-state index in [1.165, 1.54) is 12.4 Å². The Morgan fingerprint density at radius 3 is 2.72 bits per heavy atom. The molecule has 0 saturated carbocycles. The number of rotatable bonds is 2. The van der Waals surface area contributed by atoms with Gasteiger partial charge >= 0.3 is 5.97 Å². The first-order valence-corrected chi connectivity index (χ1v) is 5.88. The summed E-state index contributed by atoms with van der Waals surface area (Å²) in [5.74, 6) is -0.248. The fourth-order valence-electron chi connectivity index (χ4n) is 1.82. The Balaban J connectivity index is 2.47. The van der Waals surface area contributed by atoms with Crippen LogP contribution in [0.3, 0.4) is 0 Å². The van der Waals surface area contributed by atoms with Crippen LogP contribution in [-0.2, 0) is 7.05 Å². The number of hydrogen-bond donors (Lipinski definition) is 1. The van der Waals surface area contributed by atoms with Gasteiger partial charge in [-0.1, -0.05) is 0 Å². The van der Waals surface area contributed by atoms with Crippen molar-refractivity contribution in [1.82, 2.24) is 14.8 Å². The van der Waals surface area contributed by atoms with E-state index < -0.39 is 5.97 Å². The minimum atomic E-state index is -1.03. The van der Waals surface area contributed by atoms with E-state index in [1.54, 1.807) is 17.9 Å². The number of aryl methyl sites for hydroxylation is 1. The fraction of sp³-hybridized carbons (Fsp3) is 0.417. The Hall–Kier alpha value is -2.11. The van der Waals surface area contributed by atoms with E-state index in [-0.39, 0.29) is 5.56 Å². The standard InChI is InChI=1S/C12H16N4O2/c1-15-7-4-11(16-5-2-3-6-16)13-8-10(9-14-15)12(17)18/h4,7-9H,2-3,5-6H2,1H3,(H,17,18). The molecule has 1 aromatic heterocycles. The lowest BCUT2D eigenvalue weighted by atomic mass is 10.4. The third-order valence-corrected chi connectivity index (χ3v) is 2.83. The summed E-state index contributed by atoms with van der Waals surface area (Å²) >= 11 is 0. The Morgan fingerprint density at radius 1 is 1.33 bits per heavy atom. The molecule has 0 amide bonds. The van der Waals surface area contributed by atoms with Gasteiger partial charge in [-0.15, -0.1) is 0 Å². The van der Waals surface area contributed by atoms with Crippen LogP contribution < -0.4 is 4.90 Å². The lowest BCUT2D eigenvalue weighted by Crippen LogP contribution is -2.18. The molecule has 0 radical (unpaired) electrons. The highest BCUT2D eigenvalue weighted by Crippen LogP contribution is 2.15. The molecule has 1 saturated heterocycles. The highest BCUT2D eigenvalue weighted by atomic mass is 16.4. The van der Waals surface area contributed by atoms with Crippen molar-refractivity contribution >= 4 is 11.8 Å². The topological polar surface area (TPSA) is 71.2 Å². The summed E-state index contributed by atoms with van der Waals surface area (Å²) in [7, 11) is 1.75. The first-order chi connectivity index (χ1) is 8.66. The largest absolute Gasteiger partial charge is 0.478 e. The van der Waals surface area contributed by atoms with E-state index in [9.17, 15) is 4.79 Å². The number of aromatic nitrogens is 3. The highest BCUT2D eigenvalue weighted by Gasteiger charge is 2.12. The van der Waals surface area contributed by atoms with Gasteiger partial charge in [-0.05, 0) is 18.9 Å². The van der Waals surface area contributed by atoms with Gasteiger partial charge in [0.05, 0.1) is 11.8 Å². The molecule has 0 unspecified atom stereocenters. The van der Waals surface area contributed by atoms with E-state index in [4.69, 9.17) is 5.11 Å². The van der Waals surface area contributed by atoms with Crippen molar-refractivity contribution in [2.45, 2.75) is 12.8 Å². The second-order valence-corrected chi connectivity index (χ2v) is 4.21. The van der Waals surface area contributed by atoms with Crippen molar-refractivity contribution in [3.8, 4) is 0 Å².